The van der Waals surface area contributed by atoms with Crippen LogP contribution in [0.5, 0.6) is 5.88 Å². The summed E-state index contributed by atoms with van der Waals surface area (Å²) in [5.74, 6) is 0.768. The van der Waals surface area contributed by atoms with Crippen molar-refractivity contribution in [3.8, 4) is 11.9 Å². The van der Waals surface area contributed by atoms with Crippen molar-refractivity contribution in [2.24, 2.45) is 0 Å². The molecule has 1 fully saturated rings. The molecule has 11 heteroatoms. The van der Waals surface area contributed by atoms with E-state index < -0.39 is 11.8 Å². The van der Waals surface area contributed by atoms with E-state index in [-0.39, 0.29) is 18.1 Å². The van der Waals surface area contributed by atoms with Gasteiger partial charge in [0.2, 0.25) is 5.88 Å². The smallest absolute Gasteiger partial charge is 0.337 e. The number of nitriles is 1. The Labute approximate surface area is 252 Å². The van der Waals surface area contributed by atoms with E-state index in [0.717, 1.165) is 53.0 Å². The zero-order chi connectivity index (χ0) is 29.6. The summed E-state index contributed by atoms with van der Waals surface area (Å²) in [7, 11) is 3.04. The van der Waals surface area contributed by atoms with E-state index in [1.165, 1.54) is 13.2 Å². The molecule has 3 heterocycles. The molecule has 42 heavy (non-hydrogen) atoms. The zero-order valence-corrected chi connectivity index (χ0v) is 25.1. The molecule has 1 aliphatic rings. The third-order valence-corrected chi connectivity index (χ3v) is 8.10. The Balaban J connectivity index is 1.25. The molecule has 0 N–H and O–H groups in total. The lowest BCUT2D eigenvalue weighted by Gasteiger charge is -2.31. The molecule has 2 aromatic heterocycles. The first-order valence-corrected chi connectivity index (χ1v) is 14.5. The summed E-state index contributed by atoms with van der Waals surface area (Å²) in [6, 6.07) is 15.5. The number of hydrogen-bond acceptors (Lipinski definition) is 8. The molecule has 4 aromatic rings. The molecule has 0 amide bonds. The fourth-order valence-corrected chi connectivity index (χ4v) is 5.77. The molecule has 1 saturated heterocycles. The van der Waals surface area contributed by atoms with Crippen LogP contribution in [0.3, 0.4) is 0 Å². The van der Waals surface area contributed by atoms with Crippen molar-refractivity contribution >= 4 is 32.9 Å². The standard InChI is InChI=1S/C31H31BrFN5O4/c1-40-13-12-38-27-16-23(31(39)41-2)15-24(32)30(27)36-28(38)18-37-10-8-21(9-11-37)26-4-3-5-29(35-26)42-19-22-7-6-20(17-34)14-25(22)33/h3-7,14-16,21H,8-13,18-19H2,1-2H3. The first kappa shape index (κ1) is 29.6. The van der Waals surface area contributed by atoms with E-state index in [1.807, 2.05) is 24.3 Å². The predicted octanol–water partition coefficient (Wildman–Crippen LogP) is 5.60. The first-order chi connectivity index (χ1) is 20.4. The molecule has 0 aliphatic carbocycles. The minimum Gasteiger partial charge on any atom is -0.473 e. The van der Waals surface area contributed by atoms with E-state index in [0.29, 0.717) is 36.7 Å². The van der Waals surface area contributed by atoms with E-state index >= 15 is 0 Å². The highest BCUT2D eigenvalue weighted by Gasteiger charge is 2.25. The van der Waals surface area contributed by atoms with E-state index in [4.69, 9.17) is 29.4 Å². The van der Waals surface area contributed by atoms with Crippen molar-refractivity contribution < 1.29 is 23.4 Å². The van der Waals surface area contributed by atoms with Crippen LogP contribution in [0.1, 0.15) is 51.8 Å². The van der Waals surface area contributed by atoms with Crippen LogP contribution in [-0.4, -0.2) is 59.3 Å². The second kappa shape index (κ2) is 13.4. The quantitative estimate of drug-likeness (QED) is 0.208. The summed E-state index contributed by atoms with van der Waals surface area (Å²) >= 11 is 3.58. The molecule has 5 rings (SSSR count). The molecule has 0 unspecified atom stereocenters. The van der Waals surface area contributed by atoms with Gasteiger partial charge in [-0.3, -0.25) is 4.90 Å². The maximum absolute atomic E-state index is 14.2. The van der Waals surface area contributed by atoms with Crippen LogP contribution in [0, 0.1) is 17.1 Å². The molecule has 218 valence electrons. The number of pyridine rings is 1. The molecule has 0 radical (unpaired) electrons. The molecule has 1 aliphatic heterocycles. The van der Waals surface area contributed by atoms with Gasteiger partial charge in [0.1, 0.15) is 23.8 Å². The molecular weight excluding hydrogens is 605 g/mol. The van der Waals surface area contributed by atoms with Gasteiger partial charge in [-0.2, -0.15) is 5.26 Å². The fourth-order valence-electron chi connectivity index (χ4n) is 5.23. The number of carbonyl (C=O) groups is 1. The SMILES string of the molecule is COCCn1c(CN2CCC(c3cccc(OCc4ccc(C#N)cc4F)n3)CC2)nc2c(Br)cc(C(=O)OC)cc21. The highest BCUT2D eigenvalue weighted by molar-refractivity contribution is 9.10. The van der Waals surface area contributed by atoms with Gasteiger partial charge in [0.15, 0.2) is 0 Å². The molecule has 9 nitrogen and oxygen atoms in total. The lowest BCUT2D eigenvalue weighted by molar-refractivity contribution is 0.0600. The average Bonchev–Trinajstić information content (AvgIpc) is 3.36. The number of fused-ring (bicyclic) bond motifs is 1. The van der Waals surface area contributed by atoms with Crippen molar-refractivity contribution in [1.29, 1.82) is 5.26 Å². The van der Waals surface area contributed by atoms with Crippen molar-refractivity contribution in [1.82, 2.24) is 19.4 Å². The molecule has 0 atom stereocenters. The first-order valence-electron chi connectivity index (χ1n) is 13.7. The van der Waals surface area contributed by atoms with Gasteiger partial charge in [-0.1, -0.05) is 12.1 Å². The summed E-state index contributed by atoms with van der Waals surface area (Å²) in [4.78, 5) is 24.2. The highest BCUT2D eigenvalue weighted by atomic mass is 79.9. The van der Waals surface area contributed by atoms with Crippen LogP contribution in [0.15, 0.2) is 53.0 Å². The highest BCUT2D eigenvalue weighted by Crippen LogP contribution is 2.31. The van der Waals surface area contributed by atoms with E-state index in [2.05, 4.69) is 25.4 Å². The Kier molecular flexibility index (Phi) is 9.47. The van der Waals surface area contributed by atoms with Gasteiger partial charge in [-0.25, -0.2) is 19.2 Å². The van der Waals surface area contributed by atoms with Crippen LogP contribution in [0.25, 0.3) is 11.0 Å². The van der Waals surface area contributed by atoms with E-state index in [1.54, 1.807) is 31.4 Å². The normalized spacial score (nSPS) is 14.2. The summed E-state index contributed by atoms with van der Waals surface area (Å²) in [5, 5.41) is 8.94. The minimum absolute atomic E-state index is 0.0355. The Morgan fingerprint density at radius 1 is 1.14 bits per heavy atom. The lowest BCUT2D eigenvalue weighted by Crippen LogP contribution is -2.33. The number of nitrogens with zero attached hydrogens (tertiary/aromatic N) is 5. The number of likely N-dealkylation sites (tertiary alicyclic amines) is 1. The number of hydrogen-bond donors (Lipinski definition) is 0. The molecular formula is C31H31BrFN5O4. The van der Waals surface area contributed by atoms with Crippen molar-refractivity contribution in [2.75, 3.05) is 33.9 Å². The number of halogens is 2. The minimum atomic E-state index is -0.468. The monoisotopic (exact) mass is 635 g/mol. The van der Waals surface area contributed by atoms with Gasteiger partial charge >= 0.3 is 5.97 Å². The largest absolute Gasteiger partial charge is 0.473 e. The van der Waals surface area contributed by atoms with Gasteiger partial charge in [-0.05, 0) is 72.2 Å². The van der Waals surface area contributed by atoms with Gasteiger partial charge in [0.25, 0.3) is 0 Å². The maximum atomic E-state index is 14.2. The number of carbonyl (C=O) groups excluding carboxylic acids is 1. The van der Waals surface area contributed by atoms with Crippen LogP contribution in [0.2, 0.25) is 0 Å². The summed E-state index contributed by atoms with van der Waals surface area (Å²) < 4.78 is 33.2. The van der Waals surface area contributed by atoms with Crippen molar-refractivity contribution in [3.63, 3.8) is 0 Å². The lowest BCUT2D eigenvalue weighted by atomic mass is 9.93. The van der Waals surface area contributed by atoms with Crippen molar-refractivity contribution in [3.05, 3.63) is 87.0 Å². The van der Waals surface area contributed by atoms with Crippen LogP contribution in [-0.2, 0) is 29.2 Å². The topological polar surface area (TPSA) is 103 Å². The maximum Gasteiger partial charge on any atom is 0.337 e. The van der Waals surface area contributed by atoms with Crippen LogP contribution < -0.4 is 4.74 Å². The summed E-state index contributed by atoms with van der Waals surface area (Å²) in [5.41, 5.74) is 3.72. The second-order valence-electron chi connectivity index (χ2n) is 10.1. The predicted molar refractivity (Wildman–Crippen MR) is 158 cm³/mol. The summed E-state index contributed by atoms with van der Waals surface area (Å²) in [6.07, 6.45) is 1.85. The molecule has 0 saturated carbocycles. The number of ether oxygens (including phenoxy) is 3. The van der Waals surface area contributed by atoms with Gasteiger partial charge < -0.3 is 18.8 Å². The van der Waals surface area contributed by atoms with Gasteiger partial charge in [0, 0.05) is 41.4 Å². The average molecular weight is 637 g/mol. The van der Waals surface area contributed by atoms with Crippen molar-refractivity contribution in [2.45, 2.75) is 38.5 Å². The van der Waals surface area contributed by atoms with Crippen LogP contribution in [0.4, 0.5) is 4.39 Å². The molecule has 2 aromatic carbocycles. The Bertz CT molecular complexity index is 1630. The van der Waals surface area contributed by atoms with E-state index in [9.17, 15) is 9.18 Å². The number of methoxy groups -OCH3 is 2. The number of benzene rings is 2. The number of esters is 1. The number of aromatic nitrogens is 3. The van der Waals surface area contributed by atoms with Gasteiger partial charge in [-0.15, -0.1) is 0 Å². The Hall–Kier alpha value is -3.85. The van der Waals surface area contributed by atoms with Crippen LogP contribution >= 0.6 is 15.9 Å². The number of imidazole rings is 1. The third-order valence-electron chi connectivity index (χ3n) is 7.50. The fraction of sp³-hybridized carbons (Fsp3) is 0.355. The molecule has 0 bridgehead atoms. The molecule has 0 spiro atoms. The second-order valence-corrected chi connectivity index (χ2v) is 11.0. The summed E-state index contributed by atoms with van der Waals surface area (Å²) in [6.45, 7) is 3.57. The Morgan fingerprint density at radius 3 is 2.67 bits per heavy atom. The zero-order valence-electron chi connectivity index (χ0n) is 23.5. The Morgan fingerprint density at radius 2 is 1.95 bits per heavy atom. The third kappa shape index (κ3) is 6.62. The van der Waals surface area contributed by atoms with Gasteiger partial charge in [0.05, 0.1) is 43.0 Å². The number of piperidine rings is 1. The number of rotatable bonds is 10.